The molecule has 0 bridgehead atoms. The quantitative estimate of drug-likeness (QED) is 0.463. The van der Waals surface area contributed by atoms with E-state index in [1.807, 2.05) is 25.1 Å². The molecule has 0 aliphatic heterocycles. The zero-order valence-electron chi connectivity index (χ0n) is 11.7. The van der Waals surface area contributed by atoms with Crippen molar-refractivity contribution in [2.24, 2.45) is 0 Å². The molecule has 1 rings (SSSR count). The summed E-state index contributed by atoms with van der Waals surface area (Å²) in [6.07, 6.45) is 0.705. The topological polar surface area (TPSA) is 113 Å². The Bertz CT molecular complexity index is 463. The number of aliphatic carboxylic acids is 1. The molecule has 0 saturated heterocycles. The smallest absolute Gasteiger partial charge is 0.230 e. The lowest BCUT2D eigenvalue weighted by Crippen LogP contribution is -2.93. The Morgan fingerprint density at radius 2 is 2.10 bits per heavy atom. The van der Waals surface area contributed by atoms with Gasteiger partial charge in [0.05, 0.1) is 25.5 Å². The number of nitrogens with one attached hydrogen (secondary N) is 1. The number of carbonyl (C=O) groups is 2. The van der Waals surface area contributed by atoms with Gasteiger partial charge in [-0.15, -0.1) is 0 Å². The molecule has 0 saturated carbocycles. The number of hydrogen-bond acceptors (Lipinski definition) is 3. The third-order valence-electron chi connectivity index (χ3n) is 3.03. The molecule has 1 aromatic carbocycles. The predicted octanol–water partition coefficient (Wildman–Crippen LogP) is -2.36. The van der Waals surface area contributed by atoms with E-state index in [4.69, 9.17) is 0 Å². The first-order valence-corrected chi connectivity index (χ1v) is 6.73. The summed E-state index contributed by atoms with van der Waals surface area (Å²) in [6, 6.07) is 6.51. The van der Waals surface area contributed by atoms with Gasteiger partial charge in [-0.25, -0.2) is 0 Å². The van der Waals surface area contributed by atoms with Crippen molar-refractivity contribution in [3.63, 3.8) is 0 Å². The summed E-state index contributed by atoms with van der Waals surface area (Å²) in [6.45, 7) is 3.25. The number of carbonyl (C=O) groups excluding carboxylic acids is 2. The van der Waals surface area contributed by atoms with E-state index in [2.05, 4.69) is 11.1 Å². The minimum Gasteiger partial charge on any atom is -0.544 e. The Labute approximate surface area is 118 Å². The van der Waals surface area contributed by atoms with Gasteiger partial charge in [0, 0.05) is 12.1 Å². The second kappa shape index (κ2) is 8.29. The summed E-state index contributed by atoms with van der Waals surface area (Å²) in [5.74, 6) is -1.53. The Balaban J connectivity index is 2.54. The highest BCUT2D eigenvalue weighted by atomic mass is 16.4. The molecule has 6 heteroatoms. The van der Waals surface area contributed by atoms with E-state index < -0.39 is 12.0 Å². The lowest BCUT2D eigenvalue weighted by molar-refractivity contribution is -0.684. The van der Waals surface area contributed by atoms with E-state index >= 15 is 0 Å². The molecular weight excluding hydrogens is 258 g/mol. The Morgan fingerprint density at radius 3 is 2.70 bits per heavy atom. The van der Waals surface area contributed by atoms with Gasteiger partial charge in [0.2, 0.25) is 5.91 Å². The molecule has 20 heavy (non-hydrogen) atoms. The Kier molecular flexibility index (Phi) is 6.69. The van der Waals surface area contributed by atoms with Crippen LogP contribution in [-0.4, -0.2) is 31.0 Å². The van der Waals surface area contributed by atoms with Crippen LogP contribution in [-0.2, 0) is 9.59 Å². The monoisotopic (exact) mass is 280 g/mol. The van der Waals surface area contributed by atoms with E-state index in [9.17, 15) is 14.7 Å². The van der Waals surface area contributed by atoms with Crippen LogP contribution in [0.5, 0.6) is 0 Å². The zero-order chi connectivity index (χ0) is 15.0. The van der Waals surface area contributed by atoms with Crippen LogP contribution in [0.4, 0.5) is 5.69 Å². The second-order valence-corrected chi connectivity index (χ2v) is 4.72. The minimum absolute atomic E-state index is 0.103. The molecule has 0 aliphatic carbocycles. The van der Waals surface area contributed by atoms with Crippen LogP contribution >= 0.6 is 0 Å². The van der Waals surface area contributed by atoms with E-state index in [0.29, 0.717) is 12.2 Å². The van der Waals surface area contributed by atoms with Crippen LogP contribution in [0.15, 0.2) is 24.3 Å². The van der Waals surface area contributed by atoms with E-state index in [1.165, 1.54) is 0 Å². The number of amides is 1. The standard InChI is InChI=1S/C14H21N3O3/c1-10-5-2-3-6-11(10)17-13(18)9-12(14(19)20)16-8-4-7-15/h2-3,5-6,12,16H,4,7-9,15H2,1H3,(H,17,18)(H,19,20)/p+1/t12-/m1/s1. The fraction of sp³-hybridized carbons (Fsp3) is 0.429. The summed E-state index contributed by atoms with van der Waals surface area (Å²) in [4.78, 5) is 22.9. The fourth-order valence-electron chi connectivity index (χ4n) is 1.84. The van der Waals surface area contributed by atoms with Crippen molar-refractivity contribution in [2.75, 3.05) is 18.4 Å². The summed E-state index contributed by atoms with van der Waals surface area (Å²) < 4.78 is 0. The molecule has 1 amide bonds. The summed E-state index contributed by atoms with van der Waals surface area (Å²) in [7, 11) is 0. The van der Waals surface area contributed by atoms with Gasteiger partial charge in [-0.05, 0) is 18.6 Å². The lowest BCUT2D eigenvalue weighted by atomic mass is 10.1. The first kappa shape index (κ1) is 16.1. The molecule has 0 fully saturated rings. The predicted molar refractivity (Wildman–Crippen MR) is 72.4 cm³/mol. The number of aryl methyl sites for hydroxylation is 1. The normalized spacial score (nSPS) is 11.9. The zero-order valence-corrected chi connectivity index (χ0v) is 11.7. The van der Waals surface area contributed by atoms with Crippen molar-refractivity contribution in [2.45, 2.75) is 25.8 Å². The molecular formula is C14H22N3O3+. The largest absolute Gasteiger partial charge is 0.544 e. The number of para-hydroxylation sites is 1. The summed E-state index contributed by atoms with van der Waals surface area (Å²) in [5.41, 5.74) is 5.33. The van der Waals surface area contributed by atoms with Gasteiger partial charge in [-0.2, -0.15) is 0 Å². The van der Waals surface area contributed by atoms with Crippen molar-refractivity contribution in [3.05, 3.63) is 29.8 Å². The first-order chi connectivity index (χ1) is 9.54. The average molecular weight is 280 g/mol. The van der Waals surface area contributed by atoms with Gasteiger partial charge in [-0.3, -0.25) is 4.79 Å². The van der Waals surface area contributed by atoms with Crippen molar-refractivity contribution in [1.82, 2.24) is 0 Å². The summed E-state index contributed by atoms with van der Waals surface area (Å²) in [5, 5.41) is 15.4. The number of benzene rings is 1. The molecule has 1 aromatic rings. The number of carboxylic acids is 1. The van der Waals surface area contributed by atoms with Crippen molar-refractivity contribution < 1.29 is 25.7 Å². The maximum atomic E-state index is 11.9. The summed E-state index contributed by atoms with van der Waals surface area (Å²) >= 11 is 0. The van der Waals surface area contributed by atoms with Crippen molar-refractivity contribution in [3.8, 4) is 0 Å². The van der Waals surface area contributed by atoms with Gasteiger partial charge < -0.3 is 26.3 Å². The molecule has 0 spiro atoms. The van der Waals surface area contributed by atoms with Gasteiger partial charge in [0.1, 0.15) is 6.04 Å². The van der Waals surface area contributed by atoms with Crippen LogP contribution in [0, 0.1) is 6.92 Å². The Morgan fingerprint density at radius 1 is 1.40 bits per heavy atom. The van der Waals surface area contributed by atoms with Gasteiger partial charge in [0.25, 0.3) is 0 Å². The van der Waals surface area contributed by atoms with Gasteiger partial charge >= 0.3 is 0 Å². The number of carboxylic acid groups (broad SMARTS) is 1. The highest BCUT2D eigenvalue weighted by molar-refractivity contribution is 5.93. The molecule has 110 valence electrons. The number of rotatable bonds is 8. The van der Waals surface area contributed by atoms with Crippen LogP contribution < -0.4 is 21.5 Å². The van der Waals surface area contributed by atoms with Crippen molar-refractivity contribution in [1.29, 1.82) is 0 Å². The maximum Gasteiger partial charge on any atom is 0.230 e. The van der Waals surface area contributed by atoms with Crippen LogP contribution in [0.2, 0.25) is 0 Å². The number of nitrogens with two attached hydrogens (primary N) is 1. The van der Waals surface area contributed by atoms with Gasteiger partial charge in [-0.1, -0.05) is 18.2 Å². The molecule has 1 atom stereocenters. The van der Waals surface area contributed by atoms with E-state index in [0.717, 1.165) is 18.5 Å². The number of quaternary nitrogens is 2. The van der Waals surface area contributed by atoms with Crippen LogP contribution in [0.1, 0.15) is 18.4 Å². The molecule has 0 radical (unpaired) electrons. The average Bonchev–Trinajstić information content (AvgIpc) is 2.40. The van der Waals surface area contributed by atoms with Gasteiger partial charge in [0.15, 0.2) is 0 Å². The minimum atomic E-state index is -1.21. The van der Waals surface area contributed by atoms with E-state index in [1.54, 1.807) is 11.4 Å². The molecule has 0 unspecified atom stereocenters. The molecule has 0 aromatic heterocycles. The Hall–Kier alpha value is -1.92. The van der Waals surface area contributed by atoms with Crippen LogP contribution in [0.25, 0.3) is 0 Å². The number of hydrogen-bond donors (Lipinski definition) is 3. The number of anilines is 1. The highest BCUT2D eigenvalue weighted by Gasteiger charge is 2.18. The van der Waals surface area contributed by atoms with E-state index in [-0.39, 0.29) is 12.3 Å². The molecule has 6 N–H and O–H groups in total. The van der Waals surface area contributed by atoms with Crippen molar-refractivity contribution >= 4 is 17.6 Å². The first-order valence-electron chi connectivity index (χ1n) is 6.73. The highest BCUT2D eigenvalue weighted by Crippen LogP contribution is 2.13. The van der Waals surface area contributed by atoms with Crippen LogP contribution in [0.3, 0.4) is 0 Å². The molecule has 0 aliphatic rings. The third-order valence-corrected chi connectivity index (χ3v) is 3.03. The second-order valence-electron chi connectivity index (χ2n) is 4.72. The lowest BCUT2D eigenvalue weighted by Gasteiger charge is -2.16. The fourth-order valence-corrected chi connectivity index (χ4v) is 1.84. The SMILES string of the molecule is Cc1ccccc1NC(=O)C[C@@H]([NH2+]CCC[NH3+])C(=O)[O-]. The molecule has 6 nitrogen and oxygen atoms in total. The molecule has 0 heterocycles. The third kappa shape index (κ3) is 5.38. The maximum absolute atomic E-state index is 11.9.